The van der Waals surface area contributed by atoms with Crippen LogP contribution in [0.3, 0.4) is 0 Å². The molecule has 0 saturated heterocycles. The first-order chi connectivity index (χ1) is 9.50. The standard InChI is InChI=1S/C16H25ClN2O/c1-4-18-15-6-5-13(17)14(19-15)11-20-12-7-9-16(2,3)10-8-12/h5-6,12H,4,7-11H2,1-3H3,(H,18,19). The van der Waals surface area contributed by atoms with Crippen molar-refractivity contribution in [3.05, 3.63) is 22.8 Å². The Hall–Kier alpha value is -0.800. The first kappa shape index (κ1) is 15.6. The van der Waals surface area contributed by atoms with Crippen LogP contribution in [0.4, 0.5) is 5.82 Å². The molecule has 1 aliphatic carbocycles. The molecule has 0 aromatic carbocycles. The number of aromatic nitrogens is 1. The first-order valence-electron chi connectivity index (χ1n) is 7.51. The van der Waals surface area contributed by atoms with Gasteiger partial charge in [-0.1, -0.05) is 25.4 Å². The van der Waals surface area contributed by atoms with Gasteiger partial charge in [-0.25, -0.2) is 4.98 Å². The van der Waals surface area contributed by atoms with Gasteiger partial charge in [-0.15, -0.1) is 0 Å². The van der Waals surface area contributed by atoms with Gasteiger partial charge in [0.15, 0.2) is 0 Å². The fourth-order valence-electron chi connectivity index (χ4n) is 2.60. The summed E-state index contributed by atoms with van der Waals surface area (Å²) >= 11 is 6.19. The van der Waals surface area contributed by atoms with E-state index in [9.17, 15) is 0 Å². The second kappa shape index (κ2) is 6.77. The van der Waals surface area contributed by atoms with Crippen molar-refractivity contribution in [2.75, 3.05) is 11.9 Å². The summed E-state index contributed by atoms with van der Waals surface area (Å²) in [5.74, 6) is 0.861. The highest BCUT2D eigenvalue weighted by molar-refractivity contribution is 6.31. The zero-order chi connectivity index (χ0) is 14.6. The number of hydrogen-bond acceptors (Lipinski definition) is 3. The summed E-state index contributed by atoms with van der Waals surface area (Å²) < 4.78 is 6.00. The van der Waals surface area contributed by atoms with Crippen LogP contribution >= 0.6 is 11.6 Å². The van der Waals surface area contributed by atoms with Crippen molar-refractivity contribution >= 4 is 17.4 Å². The van der Waals surface area contributed by atoms with Crippen molar-refractivity contribution in [3.63, 3.8) is 0 Å². The number of nitrogens with zero attached hydrogens (tertiary/aromatic N) is 1. The molecule has 1 saturated carbocycles. The Morgan fingerprint density at radius 3 is 2.70 bits per heavy atom. The third-order valence-electron chi connectivity index (χ3n) is 4.02. The lowest BCUT2D eigenvalue weighted by atomic mass is 9.76. The van der Waals surface area contributed by atoms with E-state index in [2.05, 4.69) is 31.1 Å². The number of halogens is 1. The Balaban J connectivity index is 1.89. The molecule has 0 amide bonds. The van der Waals surface area contributed by atoms with Crippen molar-refractivity contribution in [1.29, 1.82) is 0 Å². The SMILES string of the molecule is CCNc1ccc(Cl)c(COC2CCC(C)(C)CC2)n1. The quantitative estimate of drug-likeness (QED) is 0.858. The van der Waals surface area contributed by atoms with Crippen LogP contribution in [0.5, 0.6) is 0 Å². The van der Waals surface area contributed by atoms with E-state index in [1.165, 1.54) is 12.8 Å². The van der Waals surface area contributed by atoms with E-state index < -0.39 is 0 Å². The summed E-state index contributed by atoms with van der Waals surface area (Å²) in [5, 5.41) is 3.88. The van der Waals surface area contributed by atoms with Gasteiger partial charge in [-0.3, -0.25) is 0 Å². The Morgan fingerprint density at radius 1 is 1.35 bits per heavy atom. The van der Waals surface area contributed by atoms with Gasteiger partial charge < -0.3 is 10.1 Å². The van der Waals surface area contributed by atoms with Gasteiger partial charge in [-0.05, 0) is 50.2 Å². The van der Waals surface area contributed by atoms with Gasteiger partial charge in [0, 0.05) is 6.54 Å². The van der Waals surface area contributed by atoms with Crippen LogP contribution in [0, 0.1) is 5.41 Å². The monoisotopic (exact) mass is 296 g/mol. The highest BCUT2D eigenvalue weighted by Crippen LogP contribution is 2.36. The molecule has 1 aromatic heterocycles. The van der Waals surface area contributed by atoms with Gasteiger partial charge in [0.25, 0.3) is 0 Å². The number of rotatable bonds is 5. The predicted octanol–water partition coefficient (Wildman–Crippen LogP) is 4.65. The second-order valence-electron chi connectivity index (χ2n) is 6.33. The van der Waals surface area contributed by atoms with Crippen LogP contribution < -0.4 is 5.32 Å². The maximum Gasteiger partial charge on any atom is 0.126 e. The highest BCUT2D eigenvalue weighted by Gasteiger charge is 2.27. The normalized spacial score (nSPS) is 19.0. The van der Waals surface area contributed by atoms with Crippen molar-refractivity contribution < 1.29 is 4.74 Å². The Morgan fingerprint density at radius 2 is 2.05 bits per heavy atom. The number of hydrogen-bond donors (Lipinski definition) is 1. The molecule has 0 aliphatic heterocycles. The zero-order valence-corrected chi connectivity index (χ0v) is 13.5. The average Bonchev–Trinajstić information content (AvgIpc) is 2.41. The van der Waals surface area contributed by atoms with Gasteiger partial charge in [0.05, 0.1) is 23.4 Å². The van der Waals surface area contributed by atoms with E-state index in [0.717, 1.165) is 30.9 Å². The summed E-state index contributed by atoms with van der Waals surface area (Å²) in [7, 11) is 0. The largest absolute Gasteiger partial charge is 0.372 e. The lowest BCUT2D eigenvalue weighted by Crippen LogP contribution is -2.26. The van der Waals surface area contributed by atoms with E-state index in [1.54, 1.807) is 0 Å². The molecular weight excluding hydrogens is 272 g/mol. The van der Waals surface area contributed by atoms with Gasteiger partial charge in [0.2, 0.25) is 0 Å². The molecule has 20 heavy (non-hydrogen) atoms. The highest BCUT2D eigenvalue weighted by atomic mass is 35.5. The van der Waals surface area contributed by atoms with E-state index in [-0.39, 0.29) is 0 Å². The minimum absolute atomic E-state index is 0.351. The molecule has 4 heteroatoms. The van der Waals surface area contributed by atoms with E-state index in [0.29, 0.717) is 23.1 Å². The summed E-state index contributed by atoms with van der Waals surface area (Å²) in [5.41, 5.74) is 1.30. The number of anilines is 1. The molecule has 0 radical (unpaired) electrons. The molecule has 0 unspecified atom stereocenters. The summed E-state index contributed by atoms with van der Waals surface area (Å²) in [6.07, 6.45) is 5.09. The third kappa shape index (κ3) is 4.35. The minimum atomic E-state index is 0.351. The maximum atomic E-state index is 6.19. The third-order valence-corrected chi connectivity index (χ3v) is 4.36. The molecule has 1 fully saturated rings. The molecular formula is C16H25ClN2O. The minimum Gasteiger partial charge on any atom is -0.372 e. The fraction of sp³-hybridized carbons (Fsp3) is 0.688. The number of ether oxygens (including phenoxy) is 1. The molecule has 1 N–H and O–H groups in total. The molecule has 3 nitrogen and oxygen atoms in total. The van der Waals surface area contributed by atoms with E-state index in [1.807, 2.05) is 12.1 Å². The molecule has 1 aliphatic rings. The first-order valence-corrected chi connectivity index (χ1v) is 7.89. The Labute approximate surface area is 127 Å². The van der Waals surface area contributed by atoms with Gasteiger partial charge in [0.1, 0.15) is 5.82 Å². The molecule has 1 heterocycles. The van der Waals surface area contributed by atoms with Crippen LogP contribution in [0.25, 0.3) is 0 Å². The van der Waals surface area contributed by atoms with Crippen molar-refractivity contribution in [2.45, 2.75) is 59.2 Å². The molecule has 0 bridgehead atoms. The molecule has 1 aromatic rings. The van der Waals surface area contributed by atoms with E-state index in [4.69, 9.17) is 16.3 Å². The molecule has 112 valence electrons. The fourth-order valence-corrected chi connectivity index (χ4v) is 2.76. The average molecular weight is 297 g/mol. The van der Waals surface area contributed by atoms with Crippen LogP contribution in [0.2, 0.25) is 5.02 Å². The number of nitrogens with one attached hydrogen (secondary N) is 1. The lowest BCUT2D eigenvalue weighted by molar-refractivity contribution is -0.00680. The van der Waals surface area contributed by atoms with Gasteiger partial charge >= 0.3 is 0 Å². The van der Waals surface area contributed by atoms with Gasteiger partial charge in [-0.2, -0.15) is 0 Å². The molecule has 0 spiro atoms. The maximum absolute atomic E-state index is 6.19. The van der Waals surface area contributed by atoms with Crippen LogP contribution in [0.1, 0.15) is 52.1 Å². The smallest absolute Gasteiger partial charge is 0.126 e. The van der Waals surface area contributed by atoms with Crippen LogP contribution in [0.15, 0.2) is 12.1 Å². The summed E-state index contributed by atoms with van der Waals surface area (Å²) in [6.45, 7) is 8.08. The zero-order valence-electron chi connectivity index (χ0n) is 12.7. The summed E-state index contributed by atoms with van der Waals surface area (Å²) in [6, 6.07) is 3.79. The van der Waals surface area contributed by atoms with E-state index >= 15 is 0 Å². The van der Waals surface area contributed by atoms with Crippen molar-refractivity contribution in [3.8, 4) is 0 Å². The molecule has 0 atom stereocenters. The van der Waals surface area contributed by atoms with Crippen LogP contribution in [-0.4, -0.2) is 17.6 Å². The lowest BCUT2D eigenvalue weighted by Gasteiger charge is -2.34. The Kier molecular flexibility index (Phi) is 5.28. The van der Waals surface area contributed by atoms with Crippen molar-refractivity contribution in [1.82, 2.24) is 4.98 Å². The van der Waals surface area contributed by atoms with Crippen LogP contribution in [-0.2, 0) is 11.3 Å². The Bertz CT molecular complexity index is 438. The molecule has 2 rings (SSSR count). The summed E-state index contributed by atoms with van der Waals surface area (Å²) in [4.78, 5) is 4.51. The second-order valence-corrected chi connectivity index (χ2v) is 6.74. The predicted molar refractivity (Wildman–Crippen MR) is 84.2 cm³/mol. The van der Waals surface area contributed by atoms with Crippen molar-refractivity contribution in [2.24, 2.45) is 5.41 Å². The number of pyridine rings is 1. The topological polar surface area (TPSA) is 34.1 Å².